The predicted octanol–water partition coefficient (Wildman–Crippen LogP) is 3.85. The van der Waals surface area contributed by atoms with Crippen LogP contribution in [-0.2, 0) is 11.3 Å². The molecule has 7 heteroatoms. The van der Waals surface area contributed by atoms with Crippen LogP contribution in [0.5, 0.6) is 5.75 Å². The van der Waals surface area contributed by atoms with Gasteiger partial charge in [0.2, 0.25) is 5.91 Å². The average molecular weight is 479 g/mol. The van der Waals surface area contributed by atoms with Crippen LogP contribution in [0.15, 0.2) is 48.7 Å². The number of nitrogens with zero attached hydrogens (tertiary/aromatic N) is 4. The number of aromatic nitrogens is 1. The molecule has 1 spiro atoms. The molecule has 0 atom stereocenters. The number of piperidine rings is 1. The van der Waals surface area contributed by atoms with Crippen molar-refractivity contribution < 1.29 is 14.3 Å². The zero-order valence-electron chi connectivity index (χ0n) is 21.1. The molecule has 1 aromatic heterocycles. The maximum absolute atomic E-state index is 13.5. The van der Waals surface area contributed by atoms with Gasteiger partial charge in [-0.05, 0) is 61.9 Å². The molecule has 2 amide bonds. The number of para-hydroxylation sites is 1. The topological polar surface area (TPSA) is 66.0 Å². The van der Waals surface area contributed by atoms with Gasteiger partial charge in [-0.2, -0.15) is 0 Å². The lowest BCUT2D eigenvalue weighted by molar-refractivity contribution is -0.131. The highest BCUT2D eigenvalue weighted by Gasteiger charge is 2.37. The van der Waals surface area contributed by atoms with E-state index < -0.39 is 0 Å². The molecular formula is C28H38N4O3. The lowest BCUT2D eigenvalue weighted by atomic mass is 9.74. The average Bonchev–Trinajstić information content (AvgIpc) is 2.87. The minimum absolute atomic E-state index is 0.00336. The monoisotopic (exact) mass is 478 g/mol. The van der Waals surface area contributed by atoms with E-state index in [-0.39, 0.29) is 17.2 Å². The number of rotatable bonds is 2. The molecule has 1 aromatic carbocycles. The molecule has 4 rings (SSSR count). The van der Waals surface area contributed by atoms with Gasteiger partial charge >= 0.3 is 0 Å². The smallest absolute Gasteiger partial charge is 0.257 e. The van der Waals surface area contributed by atoms with E-state index >= 15 is 0 Å². The van der Waals surface area contributed by atoms with Gasteiger partial charge in [0.05, 0.1) is 11.3 Å². The molecule has 2 aliphatic rings. The number of benzene rings is 1. The van der Waals surface area contributed by atoms with Gasteiger partial charge in [0.15, 0.2) is 0 Å². The number of likely N-dealkylation sites (tertiary alicyclic amines) is 1. The maximum Gasteiger partial charge on any atom is 0.257 e. The highest BCUT2D eigenvalue weighted by atomic mass is 16.5. The summed E-state index contributed by atoms with van der Waals surface area (Å²) < 4.78 is 6.14. The molecule has 0 bridgehead atoms. The molecule has 0 unspecified atom stereocenters. The molecule has 2 aromatic rings. The van der Waals surface area contributed by atoms with Crippen LogP contribution in [0.2, 0.25) is 0 Å². The number of fused-ring (bicyclic) bond motifs is 1. The van der Waals surface area contributed by atoms with E-state index in [1.54, 1.807) is 6.92 Å². The number of carbonyl (C=O) groups is 2. The summed E-state index contributed by atoms with van der Waals surface area (Å²) in [5.74, 6) is 0.775. The van der Waals surface area contributed by atoms with Crippen LogP contribution >= 0.6 is 0 Å². The third-order valence-corrected chi connectivity index (χ3v) is 7.51. The molecule has 35 heavy (non-hydrogen) atoms. The van der Waals surface area contributed by atoms with Gasteiger partial charge in [0.25, 0.3) is 5.91 Å². The summed E-state index contributed by atoms with van der Waals surface area (Å²) in [5, 5.41) is 0. The second-order valence-corrected chi connectivity index (χ2v) is 10.1. The largest absolute Gasteiger partial charge is 0.491 e. The molecule has 1 saturated heterocycles. The van der Waals surface area contributed by atoms with Crippen LogP contribution in [-0.4, -0.2) is 77.9 Å². The summed E-state index contributed by atoms with van der Waals surface area (Å²) in [6, 6.07) is 13.6. The van der Waals surface area contributed by atoms with Gasteiger partial charge < -0.3 is 14.5 Å². The second kappa shape index (κ2) is 11.7. The summed E-state index contributed by atoms with van der Waals surface area (Å²) in [5.41, 5.74) is 1.70. The van der Waals surface area contributed by atoms with Crippen molar-refractivity contribution in [1.82, 2.24) is 19.7 Å². The van der Waals surface area contributed by atoms with Crippen molar-refractivity contribution in [3.05, 3.63) is 59.9 Å². The Labute approximate surface area is 209 Å². The van der Waals surface area contributed by atoms with E-state index in [0.29, 0.717) is 24.5 Å². The van der Waals surface area contributed by atoms with Crippen LogP contribution in [0, 0.1) is 5.41 Å². The van der Waals surface area contributed by atoms with E-state index in [1.165, 1.54) is 0 Å². The first-order valence-corrected chi connectivity index (χ1v) is 12.8. The Morgan fingerprint density at radius 1 is 1.00 bits per heavy atom. The van der Waals surface area contributed by atoms with Crippen molar-refractivity contribution in [2.45, 2.75) is 45.6 Å². The number of carbonyl (C=O) groups excluding carboxylic acids is 2. The van der Waals surface area contributed by atoms with Crippen LogP contribution in [0.1, 0.15) is 55.1 Å². The normalized spacial score (nSPS) is 20.1. The van der Waals surface area contributed by atoms with Gasteiger partial charge in [-0.1, -0.05) is 24.6 Å². The summed E-state index contributed by atoms with van der Waals surface area (Å²) in [6.07, 6.45) is 6.94. The molecule has 0 aliphatic carbocycles. The lowest BCUT2D eigenvalue weighted by Crippen LogP contribution is -2.48. The molecule has 7 nitrogen and oxygen atoms in total. The van der Waals surface area contributed by atoms with E-state index in [0.717, 1.165) is 70.5 Å². The van der Waals surface area contributed by atoms with Crippen molar-refractivity contribution in [3.63, 3.8) is 0 Å². The minimum atomic E-state index is -0.00336. The number of amides is 2. The van der Waals surface area contributed by atoms with Crippen LogP contribution < -0.4 is 4.74 Å². The Morgan fingerprint density at radius 2 is 1.77 bits per heavy atom. The highest BCUT2D eigenvalue weighted by molar-refractivity contribution is 5.96. The van der Waals surface area contributed by atoms with Gasteiger partial charge in [0, 0.05) is 52.9 Å². The summed E-state index contributed by atoms with van der Waals surface area (Å²) >= 11 is 0. The van der Waals surface area contributed by atoms with Gasteiger partial charge in [-0.3, -0.25) is 19.5 Å². The Bertz CT molecular complexity index is 989. The Kier molecular flexibility index (Phi) is 8.39. The number of pyridine rings is 1. The zero-order valence-corrected chi connectivity index (χ0v) is 21.1. The molecule has 0 saturated carbocycles. The summed E-state index contributed by atoms with van der Waals surface area (Å²) in [7, 11) is 1.90. The van der Waals surface area contributed by atoms with Crippen LogP contribution in [0.25, 0.3) is 0 Å². The molecule has 1 fully saturated rings. The SMILES string of the molecule is CC(=O)N1CCC2(CCCCN(Cc3ccccn3)CCOc3ccccc3C(=O)N(C)C2)CC1. The zero-order chi connectivity index (χ0) is 24.7. The van der Waals surface area contributed by atoms with E-state index in [1.807, 2.05) is 59.4 Å². The van der Waals surface area contributed by atoms with Gasteiger partial charge in [0.1, 0.15) is 12.4 Å². The summed E-state index contributed by atoms with van der Waals surface area (Å²) in [4.78, 5) is 36.1. The first-order chi connectivity index (χ1) is 17.0. The number of hydrogen-bond donors (Lipinski definition) is 0. The van der Waals surface area contributed by atoms with Crippen molar-refractivity contribution in [2.75, 3.05) is 46.4 Å². The standard InChI is InChI=1S/C28H38N4O3/c1-23(33)32-17-13-28(14-18-32)12-6-8-16-31(21-24-9-5-7-15-29-24)19-20-35-26-11-4-3-10-25(26)27(34)30(2)22-28/h3-5,7,9-11,15H,6,8,12-14,16-22H2,1-2H3. The molecule has 0 radical (unpaired) electrons. The quantitative estimate of drug-likeness (QED) is 0.656. The Morgan fingerprint density at radius 3 is 2.51 bits per heavy atom. The first kappa shape index (κ1) is 25.2. The Hall–Kier alpha value is -2.93. The van der Waals surface area contributed by atoms with E-state index in [4.69, 9.17) is 4.74 Å². The van der Waals surface area contributed by atoms with Crippen molar-refractivity contribution in [2.24, 2.45) is 5.41 Å². The van der Waals surface area contributed by atoms with Crippen molar-refractivity contribution >= 4 is 11.8 Å². The van der Waals surface area contributed by atoms with E-state index in [9.17, 15) is 9.59 Å². The molecule has 3 heterocycles. The van der Waals surface area contributed by atoms with Crippen LogP contribution in [0.3, 0.4) is 0 Å². The molecule has 0 N–H and O–H groups in total. The maximum atomic E-state index is 13.5. The lowest BCUT2D eigenvalue weighted by Gasteiger charge is -2.44. The number of ether oxygens (including phenoxy) is 1. The Balaban J connectivity index is 1.54. The highest BCUT2D eigenvalue weighted by Crippen LogP contribution is 2.38. The minimum Gasteiger partial charge on any atom is -0.491 e. The third kappa shape index (κ3) is 6.60. The fraction of sp³-hybridized carbons (Fsp3) is 0.536. The van der Waals surface area contributed by atoms with E-state index in [2.05, 4.69) is 16.0 Å². The molecule has 188 valence electrons. The number of hydrogen-bond acceptors (Lipinski definition) is 5. The van der Waals surface area contributed by atoms with Crippen molar-refractivity contribution in [3.8, 4) is 5.75 Å². The predicted molar refractivity (Wildman–Crippen MR) is 136 cm³/mol. The summed E-state index contributed by atoms with van der Waals surface area (Å²) in [6.45, 7) is 6.93. The van der Waals surface area contributed by atoms with Crippen LogP contribution in [0.4, 0.5) is 0 Å². The fourth-order valence-corrected chi connectivity index (χ4v) is 5.44. The second-order valence-electron chi connectivity index (χ2n) is 10.1. The van der Waals surface area contributed by atoms with Gasteiger partial charge in [-0.15, -0.1) is 0 Å². The molecule has 2 aliphatic heterocycles. The third-order valence-electron chi connectivity index (χ3n) is 7.51. The first-order valence-electron chi connectivity index (χ1n) is 12.8. The van der Waals surface area contributed by atoms with Crippen molar-refractivity contribution in [1.29, 1.82) is 0 Å². The fourth-order valence-electron chi connectivity index (χ4n) is 5.44. The molecular weight excluding hydrogens is 440 g/mol. The van der Waals surface area contributed by atoms with Gasteiger partial charge in [-0.25, -0.2) is 0 Å².